The van der Waals surface area contributed by atoms with E-state index in [-0.39, 0.29) is 6.67 Å². The molecule has 0 saturated carbocycles. The van der Waals surface area contributed by atoms with Crippen molar-refractivity contribution in [3.05, 3.63) is 34.4 Å². The molecule has 0 radical (unpaired) electrons. The summed E-state index contributed by atoms with van der Waals surface area (Å²) in [6.07, 6.45) is 1.04. The van der Waals surface area contributed by atoms with Crippen LogP contribution in [0.5, 0.6) is 0 Å². The molecule has 16 heavy (non-hydrogen) atoms. The van der Waals surface area contributed by atoms with Gasteiger partial charge in [0.15, 0.2) is 0 Å². The van der Waals surface area contributed by atoms with Crippen LogP contribution in [0.25, 0.3) is 0 Å². The second kappa shape index (κ2) is 5.47. The lowest BCUT2D eigenvalue weighted by Gasteiger charge is -2.20. The highest BCUT2D eigenvalue weighted by Gasteiger charge is 2.14. The topological polar surface area (TPSA) is 0 Å². The van der Waals surface area contributed by atoms with E-state index in [1.54, 1.807) is 0 Å². The van der Waals surface area contributed by atoms with E-state index < -0.39 is 0 Å². The third-order valence-corrected chi connectivity index (χ3v) is 3.13. The number of hydrogen-bond acceptors (Lipinski definition) is 0. The van der Waals surface area contributed by atoms with Crippen LogP contribution in [0.1, 0.15) is 68.7 Å². The van der Waals surface area contributed by atoms with Crippen molar-refractivity contribution in [2.24, 2.45) is 0 Å². The number of benzene rings is 1. The van der Waals surface area contributed by atoms with Crippen molar-refractivity contribution in [2.75, 3.05) is 0 Å². The first-order chi connectivity index (χ1) is 7.51. The van der Waals surface area contributed by atoms with Crippen molar-refractivity contribution < 1.29 is 4.39 Å². The number of alkyl halides is 1. The van der Waals surface area contributed by atoms with Gasteiger partial charge in [-0.05, 0) is 40.5 Å². The van der Waals surface area contributed by atoms with E-state index in [9.17, 15) is 4.39 Å². The van der Waals surface area contributed by atoms with Gasteiger partial charge < -0.3 is 0 Å². The van der Waals surface area contributed by atoms with Crippen molar-refractivity contribution in [1.82, 2.24) is 0 Å². The fraction of sp³-hybridized carbons (Fsp3) is 0.600. The third-order valence-electron chi connectivity index (χ3n) is 3.13. The fourth-order valence-electron chi connectivity index (χ4n) is 2.30. The van der Waals surface area contributed by atoms with Crippen molar-refractivity contribution in [2.45, 2.75) is 59.5 Å². The summed E-state index contributed by atoms with van der Waals surface area (Å²) in [5.74, 6) is 0.942. The van der Waals surface area contributed by atoms with E-state index in [2.05, 4.69) is 34.6 Å². The van der Waals surface area contributed by atoms with Gasteiger partial charge in [0.1, 0.15) is 6.67 Å². The van der Waals surface area contributed by atoms with Gasteiger partial charge in [0.25, 0.3) is 0 Å². The molecule has 0 atom stereocenters. The SMILES string of the molecule is CCc1c(C(C)C)cc(CF)cc1C(C)C. The van der Waals surface area contributed by atoms with E-state index in [0.717, 1.165) is 12.0 Å². The van der Waals surface area contributed by atoms with Crippen LogP contribution < -0.4 is 0 Å². The van der Waals surface area contributed by atoms with E-state index in [4.69, 9.17) is 0 Å². The lowest BCUT2D eigenvalue weighted by Crippen LogP contribution is -2.04. The van der Waals surface area contributed by atoms with Gasteiger partial charge in [-0.3, -0.25) is 0 Å². The van der Waals surface area contributed by atoms with Gasteiger partial charge in [0.2, 0.25) is 0 Å². The molecule has 0 saturated heterocycles. The molecule has 1 heteroatoms. The predicted molar refractivity (Wildman–Crippen MR) is 68.8 cm³/mol. The Hall–Kier alpha value is -0.850. The maximum absolute atomic E-state index is 12.8. The average Bonchev–Trinajstić information content (AvgIpc) is 2.26. The van der Waals surface area contributed by atoms with Crippen LogP contribution in [-0.4, -0.2) is 0 Å². The molecule has 1 aromatic rings. The molecule has 1 rings (SSSR count). The van der Waals surface area contributed by atoms with Crippen LogP contribution in [-0.2, 0) is 13.1 Å². The van der Waals surface area contributed by atoms with Crippen LogP contribution in [0.15, 0.2) is 12.1 Å². The molecule has 0 nitrogen and oxygen atoms in total. The van der Waals surface area contributed by atoms with Crippen LogP contribution in [0.2, 0.25) is 0 Å². The molecule has 0 bridgehead atoms. The monoisotopic (exact) mass is 222 g/mol. The van der Waals surface area contributed by atoms with E-state index in [0.29, 0.717) is 11.8 Å². The van der Waals surface area contributed by atoms with Gasteiger partial charge in [-0.1, -0.05) is 46.8 Å². The maximum Gasteiger partial charge on any atom is 0.115 e. The molecular weight excluding hydrogens is 199 g/mol. The zero-order valence-corrected chi connectivity index (χ0v) is 11.1. The Morgan fingerprint density at radius 1 is 1.00 bits per heavy atom. The summed E-state index contributed by atoms with van der Waals surface area (Å²) in [6, 6.07) is 4.07. The van der Waals surface area contributed by atoms with Crippen LogP contribution in [0.4, 0.5) is 4.39 Å². The maximum atomic E-state index is 12.8. The van der Waals surface area contributed by atoms with E-state index in [1.807, 2.05) is 12.1 Å². The molecular formula is C15H23F. The van der Waals surface area contributed by atoms with Gasteiger partial charge in [-0.2, -0.15) is 0 Å². The van der Waals surface area contributed by atoms with E-state index in [1.165, 1.54) is 16.7 Å². The smallest absolute Gasteiger partial charge is 0.115 e. The molecule has 0 amide bonds. The largest absolute Gasteiger partial charge is 0.246 e. The molecule has 0 N–H and O–H groups in total. The second-order valence-electron chi connectivity index (χ2n) is 5.05. The third kappa shape index (κ3) is 2.63. The van der Waals surface area contributed by atoms with Gasteiger partial charge >= 0.3 is 0 Å². The molecule has 0 fully saturated rings. The highest BCUT2D eigenvalue weighted by Crippen LogP contribution is 2.30. The minimum atomic E-state index is -0.358. The molecule has 0 aliphatic heterocycles. The zero-order valence-electron chi connectivity index (χ0n) is 11.1. The molecule has 0 aliphatic rings. The Labute approximate surface area is 98.9 Å². The Morgan fingerprint density at radius 3 is 1.69 bits per heavy atom. The van der Waals surface area contributed by atoms with Gasteiger partial charge in [0, 0.05) is 0 Å². The lowest BCUT2D eigenvalue weighted by atomic mass is 9.86. The summed E-state index contributed by atoms with van der Waals surface area (Å²) in [7, 11) is 0. The minimum Gasteiger partial charge on any atom is -0.246 e. The Kier molecular flexibility index (Phi) is 4.52. The first kappa shape index (κ1) is 13.2. The van der Waals surface area contributed by atoms with Crippen LogP contribution in [0.3, 0.4) is 0 Å². The lowest BCUT2D eigenvalue weighted by molar-refractivity contribution is 0.484. The summed E-state index contributed by atoms with van der Waals surface area (Å²) in [6.45, 7) is 10.5. The predicted octanol–water partition coefficient (Wildman–Crippen LogP) is 4.97. The van der Waals surface area contributed by atoms with Gasteiger partial charge in [-0.15, -0.1) is 0 Å². The summed E-state index contributed by atoms with van der Waals surface area (Å²) in [5, 5.41) is 0. The highest BCUT2D eigenvalue weighted by molar-refractivity contribution is 5.42. The quantitative estimate of drug-likeness (QED) is 0.675. The number of rotatable bonds is 4. The number of halogens is 1. The minimum absolute atomic E-state index is 0.358. The highest BCUT2D eigenvalue weighted by atomic mass is 19.1. The molecule has 90 valence electrons. The molecule has 0 heterocycles. The van der Waals surface area contributed by atoms with Crippen LogP contribution >= 0.6 is 0 Å². The summed E-state index contributed by atoms with van der Waals surface area (Å²) in [4.78, 5) is 0. The standard InChI is InChI=1S/C15H23F/c1-6-13-14(10(2)3)7-12(9-16)8-15(13)11(4)5/h7-8,10-11H,6,9H2,1-5H3. The first-order valence-electron chi connectivity index (χ1n) is 6.22. The molecule has 0 aromatic heterocycles. The van der Waals surface area contributed by atoms with Gasteiger partial charge in [-0.25, -0.2) is 4.39 Å². The molecule has 0 unspecified atom stereocenters. The summed E-state index contributed by atoms with van der Waals surface area (Å²) < 4.78 is 12.8. The Balaban J connectivity index is 3.40. The Bertz CT molecular complexity index is 321. The average molecular weight is 222 g/mol. The second-order valence-corrected chi connectivity index (χ2v) is 5.05. The van der Waals surface area contributed by atoms with Crippen LogP contribution in [0, 0.1) is 0 Å². The van der Waals surface area contributed by atoms with Crippen molar-refractivity contribution in [3.63, 3.8) is 0 Å². The number of hydrogen-bond donors (Lipinski definition) is 0. The molecule has 0 spiro atoms. The van der Waals surface area contributed by atoms with Gasteiger partial charge in [0.05, 0.1) is 0 Å². The summed E-state index contributed by atoms with van der Waals surface area (Å²) in [5.41, 5.74) is 4.88. The normalized spacial score (nSPS) is 11.5. The Morgan fingerprint density at radius 2 is 1.44 bits per heavy atom. The van der Waals surface area contributed by atoms with E-state index >= 15 is 0 Å². The summed E-state index contributed by atoms with van der Waals surface area (Å²) >= 11 is 0. The fourth-order valence-corrected chi connectivity index (χ4v) is 2.30. The van der Waals surface area contributed by atoms with Crippen molar-refractivity contribution in [3.8, 4) is 0 Å². The zero-order chi connectivity index (χ0) is 12.3. The first-order valence-corrected chi connectivity index (χ1v) is 6.22. The van der Waals surface area contributed by atoms with Crippen molar-refractivity contribution in [1.29, 1.82) is 0 Å². The molecule has 0 aliphatic carbocycles. The molecule has 1 aromatic carbocycles. The van der Waals surface area contributed by atoms with Crippen molar-refractivity contribution >= 4 is 0 Å².